The number of hydrogen-bond donors (Lipinski definition) is 2. The predicted molar refractivity (Wildman–Crippen MR) is 104 cm³/mol. The summed E-state index contributed by atoms with van der Waals surface area (Å²) in [5.74, 6) is -0.250. The monoisotopic (exact) mass is 348 g/mol. The van der Waals surface area contributed by atoms with Gasteiger partial charge in [-0.05, 0) is 53.9 Å². The van der Waals surface area contributed by atoms with E-state index in [1.165, 1.54) is 12.1 Å². The van der Waals surface area contributed by atoms with Crippen LogP contribution in [0.25, 0.3) is 0 Å². The summed E-state index contributed by atoms with van der Waals surface area (Å²) in [5.41, 5.74) is 3.83. The van der Waals surface area contributed by atoms with Crippen LogP contribution in [0.1, 0.15) is 11.1 Å². The van der Waals surface area contributed by atoms with Gasteiger partial charge in [0.2, 0.25) is 5.91 Å². The number of halogens is 1. The standard InChI is InChI=1S/C22H21FN2O/c23-19-8-6-17(7-9-19)14-15-24-20-10-12-21(13-11-20)25-22(26)16-18-4-2-1-3-5-18/h1-13,24H,14-16H2,(H,25,26). The Balaban J connectivity index is 1.45. The molecule has 0 aliphatic carbocycles. The molecule has 0 fully saturated rings. The highest BCUT2D eigenvalue weighted by Crippen LogP contribution is 2.14. The van der Waals surface area contributed by atoms with E-state index in [4.69, 9.17) is 0 Å². The average Bonchev–Trinajstić information content (AvgIpc) is 2.65. The molecule has 0 aliphatic rings. The first-order valence-electron chi connectivity index (χ1n) is 8.61. The van der Waals surface area contributed by atoms with Crippen LogP contribution in [-0.4, -0.2) is 12.5 Å². The molecule has 2 N–H and O–H groups in total. The maximum absolute atomic E-state index is 12.9. The fourth-order valence-corrected chi connectivity index (χ4v) is 2.66. The molecule has 132 valence electrons. The molecule has 0 spiro atoms. The number of hydrogen-bond acceptors (Lipinski definition) is 2. The van der Waals surface area contributed by atoms with Crippen molar-refractivity contribution in [3.05, 3.63) is 95.8 Å². The third-order valence-corrected chi connectivity index (χ3v) is 4.03. The van der Waals surface area contributed by atoms with Crippen molar-refractivity contribution < 1.29 is 9.18 Å². The quantitative estimate of drug-likeness (QED) is 0.652. The van der Waals surface area contributed by atoms with Gasteiger partial charge >= 0.3 is 0 Å². The van der Waals surface area contributed by atoms with Gasteiger partial charge in [0.05, 0.1) is 6.42 Å². The van der Waals surface area contributed by atoms with Crippen LogP contribution in [0.3, 0.4) is 0 Å². The number of amides is 1. The van der Waals surface area contributed by atoms with Crippen LogP contribution < -0.4 is 10.6 Å². The number of carbonyl (C=O) groups is 1. The Morgan fingerprint density at radius 3 is 2.12 bits per heavy atom. The van der Waals surface area contributed by atoms with Crippen molar-refractivity contribution in [1.29, 1.82) is 0 Å². The van der Waals surface area contributed by atoms with Crippen LogP contribution in [0.4, 0.5) is 15.8 Å². The summed E-state index contributed by atoms with van der Waals surface area (Å²) in [5, 5.41) is 6.22. The molecule has 3 aromatic carbocycles. The summed E-state index contributed by atoms with van der Waals surface area (Å²) >= 11 is 0. The number of carbonyl (C=O) groups excluding carboxylic acids is 1. The summed E-state index contributed by atoms with van der Waals surface area (Å²) in [6.07, 6.45) is 1.17. The first-order valence-corrected chi connectivity index (χ1v) is 8.61. The zero-order valence-corrected chi connectivity index (χ0v) is 14.4. The zero-order valence-electron chi connectivity index (χ0n) is 14.4. The Hall–Kier alpha value is -3.14. The molecule has 0 saturated heterocycles. The van der Waals surface area contributed by atoms with E-state index < -0.39 is 0 Å². The normalized spacial score (nSPS) is 10.3. The molecule has 3 nitrogen and oxygen atoms in total. The van der Waals surface area contributed by atoms with Gasteiger partial charge < -0.3 is 10.6 Å². The molecule has 0 radical (unpaired) electrons. The van der Waals surface area contributed by atoms with E-state index in [1.807, 2.05) is 54.6 Å². The van der Waals surface area contributed by atoms with Gasteiger partial charge in [-0.1, -0.05) is 42.5 Å². The van der Waals surface area contributed by atoms with E-state index >= 15 is 0 Å². The van der Waals surface area contributed by atoms with Crippen molar-refractivity contribution in [2.75, 3.05) is 17.2 Å². The van der Waals surface area contributed by atoms with Crippen molar-refractivity contribution in [2.45, 2.75) is 12.8 Å². The van der Waals surface area contributed by atoms with Gasteiger partial charge in [0.25, 0.3) is 0 Å². The molecular weight excluding hydrogens is 327 g/mol. The third kappa shape index (κ3) is 5.45. The number of nitrogens with one attached hydrogen (secondary N) is 2. The summed E-state index contributed by atoms with van der Waals surface area (Å²) in [6, 6.07) is 23.8. The molecular formula is C22H21FN2O. The molecule has 0 unspecified atom stereocenters. The molecule has 3 aromatic rings. The molecule has 1 amide bonds. The summed E-state index contributed by atoms with van der Waals surface area (Å²) in [6.45, 7) is 0.755. The fourth-order valence-electron chi connectivity index (χ4n) is 2.66. The molecule has 0 saturated carbocycles. The van der Waals surface area contributed by atoms with E-state index in [0.29, 0.717) is 6.42 Å². The fraction of sp³-hybridized carbons (Fsp3) is 0.136. The Labute approximate surface area is 152 Å². The highest BCUT2D eigenvalue weighted by molar-refractivity contribution is 5.92. The van der Waals surface area contributed by atoms with Crippen molar-refractivity contribution in [3.8, 4) is 0 Å². The summed E-state index contributed by atoms with van der Waals surface area (Å²) < 4.78 is 12.9. The highest BCUT2D eigenvalue weighted by Gasteiger charge is 2.04. The van der Waals surface area contributed by atoms with Crippen LogP contribution in [0.2, 0.25) is 0 Å². The van der Waals surface area contributed by atoms with Gasteiger partial charge in [-0.3, -0.25) is 4.79 Å². The van der Waals surface area contributed by atoms with E-state index in [-0.39, 0.29) is 11.7 Å². The minimum absolute atomic E-state index is 0.0341. The van der Waals surface area contributed by atoms with Crippen molar-refractivity contribution in [3.63, 3.8) is 0 Å². The SMILES string of the molecule is O=C(Cc1ccccc1)Nc1ccc(NCCc2ccc(F)cc2)cc1. The van der Waals surface area contributed by atoms with E-state index in [0.717, 1.165) is 35.5 Å². The third-order valence-electron chi connectivity index (χ3n) is 4.03. The van der Waals surface area contributed by atoms with Crippen LogP contribution in [0, 0.1) is 5.82 Å². The second-order valence-electron chi connectivity index (χ2n) is 6.09. The topological polar surface area (TPSA) is 41.1 Å². The van der Waals surface area contributed by atoms with E-state index in [1.54, 1.807) is 12.1 Å². The van der Waals surface area contributed by atoms with Crippen molar-refractivity contribution in [2.24, 2.45) is 0 Å². The average molecular weight is 348 g/mol. The Bertz CT molecular complexity index is 830. The summed E-state index contributed by atoms with van der Waals surface area (Å²) in [7, 11) is 0. The van der Waals surface area contributed by atoms with E-state index in [9.17, 15) is 9.18 Å². The van der Waals surface area contributed by atoms with Crippen LogP contribution >= 0.6 is 0 Å². The highest BCUT2D eigenvalue weighted by atomic mass is 19.1. The minimum atomic E-state index is -0.216. The van der Waals surface area contributed by atoms with Crippen LogP contribution in [-0.2, 0) is 17.6 Å². The van der Waals surface area contributed by atoms with Crippen molar-refractivity contribution >= 4 is 17.3 Å². The van der Waals surface area contributed by atoms with Crippen molar-refractivity contribution in [1.82, 2.24) is 0 Å². The van der Waals surface area contributed by atoms with Gasteiger partial charge in [0, 0.05) is 17.9 Å². The molecule has 0 atom stereocenters. The number of benzene rings is 3. The zero-order chi connectivity index (χ0) is 18.2. The second-order valence-corrected chi connectivity index (χ2v) is 6.09. The Kier molecular flexibility index (Phi) is 5.99. The molecule has 0 bridgehead atoms. The minimum Gasteiger partial charge on any atom is -0.385 e. The molecule has 3 rings (SSSR count). The summed E-state index contributed by atoms with van der Waals surface area (Å²) in [4.78, 5) is 12.1. The van der Waals surface area contributed by atoms with Gasteiger partial charge in [0.15, 0.2) is 0 Å². The first-order chi connectivity index (χ1) is 12.7. The molecule has 0 aromatic heterocycles. The van der Waals surface area contributed by atoms with Crippen LogP contribution in [0.5, 0.6) is 0 Å². The first kappa shape index (κ1) is 17.7. The lowest BCUT2D eigenvalue weighted by Gasteiger charge is -2.09. The van der Waals surface area contributed by atoms with Gasteiger partial charge in [0.1, 0.15) is 5.82 Å². The second kappa shape index (κ2) is 8.81. The van der Waals surface area contributed by atoms with E-state index in [2.05, 4.69) is 10.6 Å². The lowest BCUT2D eigenvalue weighted by molar-refractivity contribution is -0.115. The molecule has 4 heteroatoms. The maximum Gasteiger partial charge on any atom is 0.228 e. The van der Waals surface area contributed by atoms with Crippen LogP contribution in [0.15, 0.2) is 78.9 Å². The molecule has 0 aliphatic heterocycles. The molecule has 0 heterocycles. The predicted octanol–water partition coefficient (Wildman–Crippen LogP) is 4.66. The maximum atomic E-state index is 12.9. The van der Waals surface area contributed by atoms with Gasteiger partial charge in [-0.2, -0.15) is 0 Å². The smallest absolute Gasteiger partial charge is 0.228 e. The largest absolute Gasteiger partial charge is 0.385 e. The van der Waals surface area contributed by atoms with Gasteiger partial charge in [-0.15, -0.1) is 0 Å². The number of anilines is 2. The lowest BCUT2D eigenvalue weighted by atomic mass is 10.1. The molecule has 26 heavy (non-hydrogen) atoms. The Morgan fingerprint density at radius 1 is 0.769 bits per heavy atom. The lowest BCUT2D eigenvalue weighted by Crippen LogP contribution is -2.14. The number of rotatable bonds is 7. The Morgan fingerprint density at radius 2 is 1.42 bits per heavy atom. The van der Waals surface area contributed by atoms with Gasteiger partial charge in [-0.25, -0.2) is 4.39 Å².